The van der Waals surface area contributed by atoms with Crippen LogP contribution < -0.4 is 0 Å². The second-order valence-corrected chi connectivity index (χ2v) is 1.74. The van der Waals surface area contributed by atoms with E-state index in [-0.39, 0.29) is 13.2 Å². The Hall–Kier alpha value is -1.26. The van der Waals surface area contributed by atoms with Gasteiger partial charge in [0.15, 0.2) is 0 Å². The largest absolute Gasteiger partial charge is 0.452 e. The van der Waals surface area contributed by atoms with Gasteiger partial charge in [-0.15, -0.1) is 0 Å². The lowest BCUT2D eigenvalue weighted by Gasteiger charge is -2.06. The Morgan fingerprint density at radius 1 is 1.58 bits per heavy atom. The van der Waals surface area contributed by atoms with Gasteiger partial charge in [-0.05, 0) is 0 Å². The molecule has 0 unspecified atom stereocenters. The van der Waals surface area contributed by atoms with Crippen LogP contribution in [-0.2, 0) is 9.47 Å². The van der Waals surface area contributed by atoms with Gasteiger partial charge in [-0.25, -0.2) is 14.5 Å². The number of hydrogen-bond donors (Lipinski definition) is 0. The molecule has 0 radical (unpaired) electrons. The fourth-order valence-corrected chi connectivity index (χ4v) is 0.669. The molecule has 5 heteroatoms. The number of hydrogen-bond acceptors (Lipinski definition) is 4. The number of rotatable bonds is 0. The Morgan fingerprint density at radius 2 is 2.17 bits per heavy atom. The van der Waals surface area contributed by atoms with E-state index in [9.17, 15) is 9.59 Å². The molecule has 1 aliphatic heterocycles. The fraction of sp³-hybridized carbons (Fsp3) is 0.714. The van der Waals surface area contributed by atoms with Crippen molar-refractivity contribution < 1.29 is 19.1 Å². The number of carbonyl (C=O) groups excluding carboxylic acids is 2. The highest BCUT2D eigenvalue weighted by molar-refractivity contribution is 5.88. The number of cyclic esters (lactones) is 1. The Morgan fingerprint density at radius 3 is 2.50 bits per heavy atom. The quantitative estimate of drug-likeness (QED) is 0.555. The summed E-state index contributed by atoms with van der Waals surface area (Å²) in [6.07, 6.45) is -1.30. The van der Waals surface area contributed by atoms with E-state index in [1.54, 1.807) is 0 Å². The molecule has 5 nitrogen and oxygen atoms in total. The van der Waals surface area contributed by atoms with E-state index in [0.717, 1.165) is 4.90 Å². The average molecular weight is 175 g/mol. The summed E-state index contributed by atoms with van der Waals surface area (Å²) in [5, 5.41) is 0. The number of nitrogens with zero attached hydrogens (tertiary/aromatic N) is 1. The maximum Gasteiger partial charge on any atom is 0.419 e. The number of ether oxygens (including phenoxy) is 2. The Balaban J connectivity index is 0.000000561. The highest BCUT2D eigenvalue weighted by atomic mass is 16.6. The van der Waals surface area contributed by atoms with E-state index < -0.39 is 12.2 Å². The first-order valence-electron chi connectivity index (χ1n) is 3.78. The van der Waals surface area contributed by atoms with Crippen LogP contribution in [0.25, 0.3) is 0 Å². The van der Waals surface area contributed by atoms with E-state index in [4.69, 9.17) is 0 Å². The van der Waals surface area contributed by atoms with Crippen molar-refractivity contribution in [1.82, 2.24) is 4.90 Å². The van der Waals surface area contributed by atoms with Crippen molar-refractivity contribution in [2.45, 2.75) is 13.8 Å². The molecule has 0 atom stereocenters. The molecular formula is C7H13NO4. The van der Waals surface area contributed by atoms with E-state index in [1.165, 1.54) is 7.11 Å². The van der Waals surface area contributed by atoms with Gasteiger partial charge in [-0.3, -0.25) is 0 Å². The monoisotopic (exact) mass is 175 g/mol. The van der Waals surface area contributed by atoms with Crippen molar-refractivity contribution in [3.8, 4) is 0 Å². The second-order valence-electron chi connectivity index (χ2n) is 1.74. The average Bonchev–Trinajstić information content (AvgIpc) is 2.54. The van der Waals surface area contributed by atoms with Gasteiger partial charge in [0.2, 0.25) is 0 Å². The third-order valence-electron chi connectivity index (χ3n) is 1.16. The molecule has 1 rings (SSSR count). The van der Waals surface area contributed by atoms with Crippen LogP contribution in [0.3, 0.4) is 0 Å². The van der Waals surface area contributed by atoms with E-state index in [2.05, 4.69) is 9.47 Å². The number of amides is 2. The molecule has 1 aliphatic rings. The minimum Gasteiger partial charge on any atom is -0.452 e. The smallest absolute Gasteiger partial charge is 0.419 e. The summed E-state index contributed by atoms with van der Waals surface area (Å²) in [7, 11) is 1.22. The van der Waals surface area contributed by atoms with Gasteiger partial charge in [-0.2, -0.15) is 0 Å². The number of methoxy groups -OCH3 is 1. The normalized spacial score (nSPS) is 14.6. The van der Waals surface area contributed by atoms with Crippen LogP contribution in [0.15, 0.2) is 0 Å². The van der Waals surface area contributed by atoms with Gasteiger partial charge < -0.3 is 9.47 Å². The maximum absolute atomic E-state index is 10.6. The molecule has 0 aromatic rings. The van der Waals surface area contributed by atoms with Crippen molar-refractivity contribution >= 4 is 12.2 Å². The summed E-state index contributed by atoms with van der Waals surface area (Å²) in [5.41, 5.74) is 0. The Labute approximate surface area is 71.2 Å². The first-order chi connectivity index (χ1) is 5.75. The van der Waals surface area contributed by atoms with Gasteiger partial charge in [0.1, 0.15) is 6.61 Å². The second kappa shape index (κ2) is 5.40. The molecule has 0 spiro atoms. The predicted octanol–water partition coefficient (Wildman–Crippen LogP) is 1.23. The van der Waals surface area contributed by atoms with Crippen molar-refractivity contribution in [2.24, 2.45) is 0 Å². The van der Waals surface area contributed by atoms with Crippen LogP contribution in [0.1, 0.15) is 13.8 Å². The highest BCUT2D eigenvalue weighted by Crippen LogP contribution is 2.03. The molecule has 0 aromatic carbocycles. The summed E-state index contributed by atoms with van der Waals surface area (Å²) in [5.74, 6) is 0. The highest BCUT2D eigenvalue weighted by Gasteiger charge is 2.28. The topological polar surface area (TPSA) is 55.8 Å². The fourth-order valence-electron chi connectivity index (χ4n) is 0.669. The van der Waals surface area contributed by atoms with E-state index >= 15 is 0 Å². The van der Waals surface area contributed by atoms with Gasteiger partial charge in [0.05, 0.1) is 13.7 Å². The van der Waals surface area contributed by atoms with E-state index in [1.807, 2.05) is 13.8 Å². The van der Waals surface area contributed by atoms with Crippen LogP contribution in [-0.4, -0.2) is 37.3 Å². The lowest BCUT2D eigenvalue weighted by molar-refractivity contribution is 0.126. The lowest BCUT2D eigenvalue weighted by atomic mass is 10.6. The lowest BCUT2D eigenvalue weighted by Crippen LogP contribution is -2.31. The molecule has 0 aliphatic carbocycles. The summed E-state index contributed by atoms with van der Waals surface area (Å²) >= 11 is 0. The van der Waals surface area contributed by atoms with Crippen molar-refractivity contribution in [1.29, 1.82) is 0 Å². The number of carbonyl (C=O) groups is 2. The van der Waals surface area contributed by atoms with Gasteiger partial charge >= 0.3 is 12.2 Å². The molecule has 0 N–H and O–H groups in total. The summed E-state index contributed by atoms with van der Waals surface area (Å²) in [6.45, 7) is 4.54. The zero-order valence-corrected chi connectivity index (χ0v) is 7.49. The van der Waals surface area contributed by atoms with Crippen LogP contribution in [0.2, 0.25) is 0 Å². The van der Waals surface area contributed by atoms with Gasteiger partial charge in [-0.1, -0.05) is 13.8 Å². The van der Waals surface area contributed by atoms with Crippen LogP contribution in [0.4, 0.5) is 9.59 Å². The molecular weight excluding hydrogens is 162 g/mol. The van der Waals surface area contributed by atoms with Gasteiger partial charge in [0.25, 0.3) is 0 Å². The molecule has 2 amide bonds. The predicted molar refractivity (Wildman–Crippen MR) is 41.8 cm³/mol. The SMILES string of the molecule is CC.COC(=O)N1CCOC1=O. The first-order valence-corrected chi connectivity index (χ1v) is 3.78. The molecule has 0 aromatic heterocycles. The standard InChI is InChI=1S/C5H7NO4.C2H6/c1-9-4(7)6-2-3-10-5(6)8;1-2/h2-3H2,1H3;1-2H3. The molecule has 0 bridgehead atoms. The molecule has 1 fully saturated rings. The summed E-state index contributed by atoms with van der Waals surface area (Å²) in [4.78, 5) is 22.1. The zero-order valence-electron chi connectivity index (χ0n) is 7.49. The third kappa shape index (κ3) is 2.41. The minimum atomic E-state index is -0.664. The molecule has 1 saturated heterocycles. The van der Waals surface area contributed by atoms with Gasteiger partial charge in [0, 0.05) is 0 Å². The van der Waals surface area contributed by atoms with Crippen LogP contribution in [0.5, 0.6) is 0 Å². The summed E-state index contributed by atoms with van der Waals surface area (Å²) < 4.78 is 8.77. The maximum atomic E-state index is 10.6. The van der Waals surface area contributed by atoms with E-state index in [0.29, 0.717) is 0 Å². The van der Waals surface area contributed by atoms with Crippen molar-refractivity contribution in [3.05, 3.63) is 0 Å². The molecule has 0 saturated carbocycles. The molecule has 70 valence electrons. The first kappa shape index (κ1) is 10.7. The molecule has 12 heavy (non-hydrogen) atoms. The third-order valence-corrected chi connectivity index (χ3v) is 1.16. The molecule has 1 heterocycles. The Kier molecular flexibility index (Phi) is 4.83. The number of imide groups is 1. The Bertz CT molecular complexity index is 169. The van der Waals surface area contributed by atoms with Crippen molar-refractivity contribution in [3.63, 3.8) is 0 Å². The summed E-state index contributed by atoms with van der Waals surface area (Å²) in [6, 6.07) is 0. The van der Waals surface area contributed by atoms with Crippen molar-refractivity contribution in [2.75, 3.05) is 20.3 Å². The zero-order chi connectivity index (χ0) is 9.56. The van der Waals surface area contributed by atoms with Crippen LogP contribution >= 0.6 is 0 Å². The minimum absolute atomic E-state index is 0.258. The van der Waals surface area contributed by atoms with Crippen LogP contribution in [0, 0.1) is 0 Å².